The predicted molar refractivity (Wildman–Crippen MR) is 160 cm³/mol. The first-order valence-corrected chi connectivity index (χ1v) is 15.8. The second-order valence-corrected chi connectivity index (χ2v) is 12.8. The minimum Gasteiger partial charge on any atom is -0.352 e. The molecule has 1 aliphatic carbocycles. The van der Waals surface area contributed by atoms with Gasteiger partial charge in [-0.05, 0) is 54.3 Å². The molecular formula is C30H33Cl2N3O4S. The van der Waals surface area contributed by atoms with Crippen LogP contribution in [0.4, 0.5) is 5.69 Å². The van der Waals surface area contributed by atoms with E-state index in [4.69, 9.17) is 23.2 Å². The van der Waals surface area contributed by atoms with Gasteiger partial charge in [-0.3, -0.25) is 13.9 Å². The summed E-state index contributed by atoms with van der Waals surface area (Å²) in [7, 11) is -3.85. The van der Waals surface area contributed by atoms with Crippen LogP contribution in [0.1, 0.15) is 36.8 Å². The van der Waals surface area contributed by atoms with E-state index < -0.39 is 28.5 Å². The van der Waals surface area contributed by atoms with Crippen molar-refractivity contribution in [3.63, 3.8) is 0 Å². The molecule has 0 spiro atoms. The van der Waals surface area contributed by atoms with Gasteiger partial charge in [0.1, 0.15) is 12.6 Å². The van der Waals surface area contributed by atoms with E-state index in [1.165, 1.54) is 4.90 Å². The fourth-order valence-corrected chi connectivity index (χ4v) is 6.12. The fourth-order valence-electron chi connectivity index (χ4n) is 4.95. The molecule has 7 nitrogen and oxygen atoms in total. The predicted octanol–water partition coefficient (Wildman–Crippen LogP) is 5.46. The number of nitrogens with zero attached hydrogens (tertiary/aromatic N) is 2. The monoisotopic (exact) mass is 601 g/mol. The highest BCUT2D eigenvalue weighted by atomic mass is 35.5. The maximum atomic E-state index is 14.1. The molecule has 2 amide bonds. The molecule has 1 aliphatic rings. The Kier molecular flexibility index (Phi) is 10.1. The fraction of sp³-hybridized carbons (Fsp3) is 0.333. The first kappa shape index (κ1) is 29.9. The highest BCUT2D eigenvalue weighted by Crippen LogP contribution is 2.25. The molecule has 10 heteroatoms. The van der Waals surface area contributed by atoms with E-state index >= 15 is 0 Å². The lowest BCUT2D eigenvalue weighted by Gasteiger charge is -2.34. The van der Waals surface area contributed by atoms with Gasteiger partial charge in [-0.1, -0.05) is 84.6 Å². The maximum Gasteiger partial charge on any atom is 0.244 e. The van der Waals surface area contributed by atoms with Gasteiger partial charge in [-0.2, -0.15) is 0 Å². The van der Waals surface area contributed by atoms with Crippen LogP contribution in [0.15, 0.2) is 78.9 Å². The van der Waals surface area contributed by atoms with E-state index in [9.17, 15) is 18.0 Å². The van der Waals surface area contributed by atoms with Crippen LogP contribution in [0, 0.1) is 0 Å². The number of carbonyl (C=O) groups is 2. The normalized spacial score (nSPS) is 14.5. The van der Waals surface area contributed by atoms with E-state index in [1.54, 1.807) is 42.5 Å². The smallest absolute Gasteiger partial charge is 0.244 e. The summed E-state index contributed by atoms with van der Waals surface area (Å²) in [6, 6.07) is 22.0. The number of benzene rings is 3. The third-order valence-corrected chi connectivity index (χ3v) is 8.83. The van der Waals surface area contributed by atoms with Gasteiger partial charge in [-0.15, -0.1) is 0 Å². The Morgan fingerprint density at radius 2 is 1.55 bits per heavy atom. The molecule has 4 rings (SSSR count). The Morgan fingerprint density at radius 3 is 2.17 bits per heavy atom. The van der Waals surface area contributed by atoms with Crippen LogP contribution >= 0.6 is 23.2 Å². The average molecular weight is 603 g/mol. The van der Waals surface area contributed by atoms with Crippen molar-refractivity contribution in [3.8, 4) is 0 Å². The molecule has 3 aromatic rings. The minimum absolute atomic E-state index is 0.0340. The summed E-state index contributed by atoms with van der Waals surface area (Å²) >= 11 is 12.5. The van der Waals surface area contributed by atoms with E-state index in [2.05, 4.69) is 5.32 Å². The molecule has 1 fully saturated rings. The van der Waals surface area contributed by atoms with Crippen molar-refractivity contribution in [1.29, 1.82) is 0 Å². The zero-order valence-corrected chi connectivity index (χ0v) is 24.6. The molecule has 1 atom stereocenters. The van der Waals surface area contributed by atoms with Gasteiger partial charge in [0.05, 0.1) is 11.9 Å². The molecule has 0 aliphatic heterocycles. The Labute approximate surface area is 246 Å². The number of hydrogen-bond acceptors (Lipinski definition) is 4. The Bertz CT molecular complexity index is 1410. The van der Waals surface area contributed by atoms with Crippen LogP contribution in [0.5, 0.6) is 0 Å². The van der Waals surface area contributed by atoms with E-state index in [1.807, 2.05) is 36.4 Å². The van der Waals surface area contributed by atoms with Crippen LogP contribution in [0.2, 0.25) is 10.0 Å². The summed E-state index contributed by atoms with van der Waals surface area (Å²) in [4.78, 5) is 29.4. The van der Waals surface area contributed by atoms with Crippen molar-refractivity contribution in [3.05, 3.63) is 100 Å². The Morgan fingerprint density at radius 1 is 0.925 bits per heavy atom. The largest absolute Gasteiger partial charge is 0.352 e. The molecule has 40 heavy (non-hydrogen) atoms. The lowest BCUT2D eigenvalue weighted by molar-refractivity contribution is -0.140. The number of rotatable bonds is 11. The number of amides is 2. The SMILES string of the molecule is CS(=O)(=O)N(CC(=O)N(Cc1ccccc1Cl)[C@H](Cc1ccccc1)C(=O)NC1CCCC1)c1ccc(Cl)cc1. The Balaban J connectivity index is 1.72. The van der Waals surface area contributed by atoms with Crippen molar-refractivity contribution < 1.29 is 18.0 Å². The van der Waals surface area contributed by atoms with Crippen molar-refractivity contribution >= 4 is 50.7 Å². The van der Waals surface area contributed by atoms with E-state index in [-0.39, 0.29) is 24.9 Å². The van der Waals surface area contributed by atoms with Crippen molar-refractivity contribution in [2.75, 3.05) is 17.1 Å². The van der Waals surface area contributed by atoms with Gasteiger partial charge in [0.15, 0.2) is 0 Å². The maximum absolute atomic E-state index is 14.1. The highest BCUT2D eigenvalue weighted by molar-refractivity contribution is 7.92. The van der Waals surface area contributed by atoms with Crippen LogP contribution < -0.4 is 9.62 Å². The average Bonchev–Trinajstić information content (AvgIpc) is 3.44. The number of carbonyl (C=O) groups excluding carboxylic acids is 2. The van der Waals surface area contributed by atoms with Gasteiger partial charge < -0.3 is 10.2 Å². The second-order valence-electron chi connectivity index (χ2n) is 10.1. The van der Waals surface area contributed by atoms with Crippen LogP contribution in [-0.4, -0.2) is 50.0 Å². The number of hydrogen-bond donors (Lipinski definition) is 1. The molecular weight excluding hydrogens is 569 g/mol. The first-order chi connectivity index (χ1) is 19.1. The van der Waals surface area contributed by atoms with Crippen molar-refractivity contribution in [2.24, 2.45) is 0 Å². The topological polar surface area (TPSA) is 86.8 Å². The molecule has 0 unspecified atom stereocenters. The molecule has 3 aromatic carbocycles. The van der Waals surface area contributed by atoms with E-state index in [0.29, 0.717) is 21.3 Å². The lowest BCUT2D eigenvalue weighted by atomic mass is 10.0. The van der Waals surface area contributed by atoms with Crippen LogP contribution in [0.25, 0.3) is 0 Å². The van der Waals surface area contributed by atoms with Gasteiger partial charge >= 0.3 is 0 Å². The van der Waals surface area contributed by atoms with Gasteiger partial charge in [-0.25, -0.2) is 8.42 Å². The highest BCUT2D eigenvalue weighted by Gasteiger charge is 2.34. The third-order valence-electron chi connectivity index (χ3n) is 7.06. The summed E-state index contributed by atoms with van der Waals surface area (Å²) in [6.45, 7) is -0.459. The third kappa shape index (κ3) is 7.99. The zero-order chi connectivity index (χ0) is 28.7. The summed E-state index contributed by atoms with van der Waals surface area (Å²) in [6.07, 6.45) is 5.17. The van der Waals surface area contributed by atoms with Crippen molar-refractivity contribution in [1.82, 2.24) is 10.2 Å². The molecule has 0 heterocycles. The summed E-state index contributed by atoms with van der Waals surface area (Å²) in [5.41, 5.74) is 1.83. The quantitative estimate of drug-likeness (QED) is 0.316. The van der Waals surface area contributed by atoms with E-state index in [0.717, 1.165) is 41.8 Å². The molecule has 0 bridgehead atoms. The van der Waals surface area contributed by atoms with Gasteiger partial charge in [0, 0.05) is 29.1 Å². The first-order valence-electron chi connectivity index (χ1n) is 13.2. The summed E-state index contributed by atoms with van der Waals surface area (Å²) < 4.78 is 26.7. The number of anilines is 1. The minimum atomic E-state index is -3.85. The standard InChI is InChI=1S/C30H33Cl2N3O4S/c1-40(38,39)35(26-17-15-24(31)16-18-26)21-29(36)34(20-23-11-5-8-14-27(23)32)28(19-22-9-3-2-4-10-22)30(37)33-25-12-6-7-13-25/h2-5,8-11,14-18,25,28H,6-7,12-13,19-21H2,1H3,(H,33,37)/t28-/m1/s1. The number of nitrogens with one attached hydrogen (secondary N) is 1. The molecule has 0 aromatic heterocycles. The van der Waals surface area contributed by atoms with Crippen molar-refractivity contribution in [2.45, 2.75) is 50.7 Å². The summed E-state index contributed by atoms with van der Waals surface area (Å²) in [5.74, 6) is -0.795. The van der Waals surface area contributed by atoms with Crippen LogP contribution in [-0.2, 0) is 32.6 Å². The summed E-state index contributed by atoms with van der Waals surface area (Å²) in [5, 5.41) is 4.04. The molecule has 0 saturated heterocycles. The number of halogens is 2. The van der Waals surface area contributed by atoms with Gasteiger partial charge in [0.2, 0.25) is 21.8 Å². The molecule has 0 radical (unpaired) electrons. The van der Waals surface area contributed by atoms with Crippen LogP contribution in [0.3, 0.4) is 0 Å². The molecule has 1 saturated carbocycles. The zero-order valence-electron chi connectivity index (χ0n) is 22.3. The lowest BCUT2D eigenvalue weighted by Crippen LogP contribution is -2.54. The molecule has 1 N–H and O–H groups in total. The Hall–Kier alpha value is -3.07. The number of sulfonamides is 1. The van der Waals surface area contributed by atoms with Gasteiger partial charge in [0.25, 0.3) is 0 Å². The second kappa shape index (κ2) is 13.5. The molecule has 212 valence electrons.